The van der Waals surface area contributed by atoms with Gasteiger partial charge in [0.05, 0.1) is 23.3 Å². The van der Waals surface area contributed by atoms with Gasteiger partial charge < -0.3 is 9.47 Å². The number of H-pyrrole nitrogens is 2. The summed E-state index contributed by atoms with van der Waals surface area (Å²) in [5.41, 5.74) is 2.61. The molecule has 2 N–H and O–H groups in total. The molecule has 0 spiro atoms. The van der Waals surface area contributed by atoms with Crippen LogP contribution in [0.5, 0.6) is 11.5 Å². The topological polar surface area (TPSA) is 84.2 Å². The van der Waals surface area contributed by atoms with Crippen LogP contribution in [0, 0.1) is 0 Å². The van der Waals surface area contributed by atoms with E-state index < -0.39 is 11.1 Å². The summed E-state index contributed by atoms with van der Waals surface area (Å²) >= 11 is 0. The number of rotatable bonds is 0. The van der Waals surface area contributed by atoms with E-state index in [1.165, 1.54) is 0 Å². The maximum atomic E-state index is 13.1. The minimum atomic E-state index is -0.398. The van der Waals surface area contributed by atoms with Gasteiger partial charge in [0.15, 0.2) is 0 Å². The summed E-state index contributed by atoms with van der Waals surface area (Å²) in [6.45, 7) is 0. The predicted molar refractivity (Wildman–Crippen MR) is 141 cm³/mol. The van der Waals surface area contributed by atoms with E-state index in [1.54, 1.807) is 12.5 Å². The SMILES string of the molecule is O=c1[nH][nH]c(=O)c2c3c(c4c(c12)=COc1cc2ccccc2cc1-4)-c1ccc2ccccc2c1OC=3. The summed E-state index contributed by atoms with van der Waals surface area (Å²) in [7, 11) is 0. The largest absolute Gasteiger partial charge is 0.464 e. The molecule has 170 valence electrons. The van der Waals surface area contributed by atoms with Crippen molar-refractivity contribution in [3.63, 3.8) is 0 Å². The van der Waals surface area contributed by atoms with Crippen molar-refractivity contribution < 1.29 is 9.47 Å². The molecule has 6 nitrogen and oxygen atoms in total. The highest BCUT2D eigenvalue weighted by Gasteiger charge is 2.28. The monoisotopic (exact) mass is 468 g/mol. The Kier molecular flexibility index (Phi) is 3.60. The standard InChI is InChI=1S/C30H16N2O4/c33-29-26-21-13-35-23-12-17-7-2-1-6-16(17)11-20(23)25(21)24-19-10-9-15-5-3-4-8-18(15)28(19)36-14-22(24)27(26)30(34)32-31-29/h1-14H,(H,31,33)(H,32,34). The van der Waals surface area contributed by atoms with Crippen LogP contribution in [0.25, 0.3) is 67.1 Å². The molecule has 6 heteroatoms. The zero-order valence-corrected chi connectivity index (χ0v) is 18.7. The van der Waals surface area contributed by atoms with E-state index in [2.05, 4.69) is 28.4 Å². The van der Waals surface area contributed by atoms with Crippen LogP contribution in [0.1, 0.15) is 0 Å². The van der Waals surface area contributed by atoms with Crippen molar-refractivity contribution in [1.82, 2.24) is 10.2 Å². The molecule has 0 saturated carbocycles. The molecule has 0 saturated heterocycles. The molecular weight excluding hydrogens is 452 g/mol. The molecule has 6 aromatic rings. The molecule has 5 aromatic carbocycles. The summed E-state index contributed by atoms with van der Waals surface area (Å²) in [5.74, 6) is 1.41. The molecule has 0 radical (unpaired) electrons. The van der Waals surface area contributed by atoms with Crippen molar-refractivity contribution >= 4 is 44.8 Å². The smallest absolute Gasteiger partial charge is 0.271 e. The number of ether oxygens (including phenoxy) is 2. The molecule has 8 rings (SSSR count). The zero-order valence-electron chi connectivity index (χ0n) is 18.7. The van der Waals surface area contributed by atoms with Gasteiger partial charge in [-0.25, -0.2) is 0 Å². The summed E-state index contributed by atoms with van der Waals surface area (Å²) < 4.78 is 12.3. The normalized spacial score (nSPS) is 13.0. The highest BCUT2D eigenvalue weighted by molar-refractivity contribution is 6.06. The van der Waals surface area contributed by atoms with E-state index in [9.17, 15) is 9.59 Å². The van der Waals surface area contributed by atoms with Crippen molar-refractivity contribution in [2.24, 2.45) is 0 Å². The van der Waals surface area contributed by atoms with Crippen molar-refractivity contribution in [3.8, 4) is 33.8 Å². The van der Waals surface area contributed by atoms with Gasteiger partial charge >= 0.3 is 0 Å². The Morgan fingerprint density at radius 2 is 1.19 bits per heavy atom. The summed E-state index contributed by atoms with van der Waals surface area (Å²) in [4.78, 5) is 26.2. The lowest BCUT2D eigenvalue weighted by Gasteiger charge is -2.24. The van der Waals surface area contributed by atoms with Crippen molar-refractivity contribution in [2.75, 3.05) is 0 Å². The molecule has 0 amide bonds. The average molecular weight is 468 g/mol. The molecule has 3 heterocycles. The summed E-state index contributed by atoms with van der Waals surface area (Å²) in [5, 5.41) is 10.8. The van der Waals surface area contributed by atoms with Crippen LogP contribution in [0.15, 0.2) is 82.4 Å². The quantitative estimate of drug-likeness (QED) is 0.351. The van der Waals surface area contributed by atoms with E-state index >= 15 is 0 Å². The van der Waals surface area contributed by atoms with Crippen LogP contribution in [0.4, 0.5) is 0 Å². The van der Waals surface area contributed by atoms with Gasteiger partial charge in [-0.15, -0.1) is 0 Å². The third kappa shape index (κ3) is 2.40. The highest BCUT2D eigenvalue weighted by Crippen LogP contribution is 2.44. The van der Waals surface area contributed by atoms with Crippen molar-refractivity contribution in [3.05, 3.63) is 104 Å². The Hall–Kier alpha value is -5.10. The van der Waals surface area contributed by atoms with Crippen molar-refractivity contribution in [1.29, 1.82) is 0 Å². The summed E-state index contributed by atoms with van der Waals surface area (Å²) in [6, 6.07) is 24.3. The lowest BCUT2D eigenvalue weighted by atomic mass is 9.85. The fourth-order valence-corrected chi connectivity index (χ4v) is 5.61. The maximum Gasteiger partial charge on any atom is 0.271 e. The Morgan fingerprint density at radius 3 is 1.94 bits per heavy atom. The molecule has 1 aromatic heterocycles. The first kappa shape index (κ1) is 19.2. The number of fused-ring (bicyclic) bond motifs is 13. The van der Waals surface area contributed by atoms with Crippen LogP contribution in [-0.2, 0) is 0 Å². The van der Waals surface area contributed by atoms with Gasteiger partial charge in [-0.05, 0) is 34.4 Å². The molecule has 36 heavy (non-hydrogen) atoms. The van der Waals surface area contributed by atoms with Gasteiger partial charge in [-0.1, -0.05) is 54.6 Å². The fraction of sp³-hybridized carbons (Fsp3) is 0. The summed E-state index contributed by atoms with van der Waals surface area (Å²) in [6.07, 6.45) is 3.18. The second-order valence-electron chi connectivity index (χ2n) is 9.07. The molecular formula is C30H16N2O4. The molecule has 0 atom stereocenters. The van der Waals surface area contributed by atoms with E-state index in [0.29, 0.717) is 16.2 Å². The first-order valence-corrected chi connectivity index (χ1v) is 11.6. The molecule has 0 bridgehead atoms. The van der Waals surface area contributed by atoms with Gasteiger partial charge in [-0.3, -0.25) is 19.8 Å². The van der Waals surface area contributed by atoms with E-state index in [-0.39, 0.29) is 10.8 Å². The highest BCUT2D eigenvalue weighted by atomic mass is 16.5. The van der Waals surface area contributed by atoms with Crippen LogP contribution in [0.2, 0.25) is 0 Å². The number of hydrogen-bond acceptors (Lipinski definition) is 4. The van der Waals surface area contributed by atoms with Gasteiger partial charge in [0.2, 0.25) is 0 Å². The number of hydrogen-bond donors (Lipinski definition) is 2. The fourth-order valence-electron chi connectivity index (χ4n) is 5.61. The molecule has 0 aliphatic carbocycles. The Bertz CT molecular complexity index is 2150. The van der Waals surface area contributed by atoms with Crippen LogP contribution in [-0.4, -0.2) is 10.2 Å². The Labute approximate surface area is 202 Å². The van der Waals surface area contributed by atoms with Gasteiger partial charge in [-0.2, -0.15) is 0 Å². The van der Waals surface area contributed by atoms with Gasteiger partial charge in [0, 0.05) is 38.1 Å². The second-order valence-corrected chi connectivity index (χ2v) is 9.07. The van der Waals surface area contributed by atoms with Gasteiger partial charge in [0.1, 0.15) is 11.5 Å². The minimum Gasteiger partial charge on any atom is -0.464 e. The minimum absolute atomic E-state index is 0.274. The molecule has 2 aliphatic heterocycles. The van der Waals surface area contributed by atoms with Crippen LogP contribution < -0.4 is 31.0 Å². The predicted octanol–water partition coefficient (Wildman–Crippen LogP) is 4.12. The Balaban J connectivity index is 1.64. The number of benzene rings is 5. The van der Waals surface area contributed by atoms with Crippen LogP contribution >= 0.6 is 0 Å². The van der Waals surface area contributed by atoms with E-state index in [1.807, 2.05) is 54.6 Å². The van der Waals surface area contributed by atoms with Gasteiger partial charge in [0.25, 0.3) is 11.1 Å². The number of aromatic nitrogens is 2. The maximum absolute atomic E-state index is 13.1. The number of nitrogens with one attached hydrogen (secondary N) is 2. The van der Waals surface area contributed by atoms with Crippen LogP contribution in [0.3, 0.4) is 0 Å². The van der Waals surface area contributed by atoms with Crippen molar-refractivity contribution in [2.45, 2.75) is 0 Å². The molecule has 0 unspecified atom stereocenters. The first-order valence-electron chi connectivity index (χ1n) is 11.6. The third-order valence-electron chi connectivity index (χ3n) is 7.19. The zero-order chi connectivity index (χ0) is 24.0. The lowest BCUT2D eigenvalue weighted by molar-refractivity contribution is 0.538. The van der Waals surface area contributed by atoms with E-state index in [0.717, 1.165) is 49.5 Å². The third-order valence-corrected chi connectivity index (χ3v) is 7.19. The second kappa shape index (κ2) is 6.73. The lowest BCUT2D eigenvalue weighted by Crippen LogP contribution is -2.34. The first-order chi connectivity index (χ1) is 17.7. The average Bonchev–Trinajstić information content (AvgIpc) is 2.92. The Morgan fingerprint density at radius 1 is 0.583 bits per heavy atom. The number of aromatic amines is 2. The van der Waals surface area contributed by atoms with E-state index in [4.69, 9.17) is 9.47 Å². The molecule has 0 fully saturated rings. The molecule has 2 aliphatic rings.